The van der Waals surface area contributed by atoms with E-state index in [4.69, 9.17) is 5.73 Å². The van der Waals surface area contributed by atoms with Crippen molar-refractivity contribution in [3.63, 3.8) is 0 Å². The maximum atomic E-state index is 5.75. The Morgan fingerprint density at radius 1 is 0.875 bits per heavy atom. The molecule has 2 nitrogen and oxygen atoms in total. The highest BCUT2D eigenvalue weighted by atomic mass is 15.2. The average Bonchev–Trinajstić information content (AvgIpc) is 2.32. The second kappa shape index (κ2) is 8.08. The summed E-state index contributed by atoms with van der Waals surface area (Å²) in [7, 11) is 0. The molecule has 0 radical (unpaired) electrons. The lowest BCUT2D eigenvalue weighted by molar-refractivity contribution is 0.0864. The molecule has 98 valence electrons. The zero-order valence-electron chi connectivity index (χ0n) is 12.2. The molecule has 4 unspecified atom stereocenters. The summed E-state index contributed by atoms with van der Waals surface area (Å²) < 4.78 is 0. The van der Waals surface area contributed by atoms with Gasteiger partial charge in [-0.2, -0.15) is 0 Å². The van der Waals surface area contributed by atoms with Crippen LogP contribution in [0.4, 0.5) is 0 Å². The van der Waals surface area contributed by atoms with Gasteiger partial charge in [-0.15, -0.1) is 0 Å². The summed E-state index contributed by atoms with van der Waals surface area (Å²) in [6, 6.07) is 1.27. The fourth-order valence-corrected chi connectivity index (χ4v) is 2.26. The maximum absolute atomic E-state index is 5.75. The maximum Gasteiger partial charge on any atom is 0.0110 e. The van der Waals surface area contributed by atoms with Crippen LogP contribution in [0, 0.1) is 11.8 Å². The fourth-order valence-electron chi connectivity index (χ4n) is 2.26. The van der Waals surface area contributed by atoms with Crippen molar-refractivity contribution in [1.29, 1.82) is 0 Å². The first-order chi connectivity index (χ1) is 7.49. The van der Waals surface area contributed by atoms with E-state index in [0.717, 1.165) is 24.9 Å². The van der Waals surface area contributed by atoms with E-state index in [1.165, 1.54) is 12.8 Å². The van der Waals surface area contributed by atoms with E-state index >= 15 is 0 Å². The van der Waals surface area contributed by atoms with E-state index in [0.29, 0.717) is 12.1 Å². The third-order valence-electron chi connectivity index (χ3n) is 4.37. The highest BCUT2D eigenvalue weighted by molar-refractivity contribution is 4.80. The summed E-state index contributed by atoms with van der Waals surface area (Å²) in [5.74, 6) is 1.50. The van der Waals surface area contributed by atoms with Crippen molar-refractivity contribution in [3.05, 3.63) is 0 Å². The zero-order valence-corrected chi connectivity index (χ0v) is 12.2. The Hall–Kier alpha value is -0.0800. The van der Waals surface area contributed by atoms with E-state index in [9.17, 15) is 0 Å². The summed E-state index contributed by atoms with van der Waals surface area (Å²) in [6.45, 7) is 15.7. The van der Waals surface area contributed by atoms with Crippen molar-refractivity contribution in [2.24, 2.45) is 17.6 Å². The molecule has 0 aliphatic heterocycles. The van der Waals surface area contributed by atoms with Gasteiger partial charge in [-0.25, -0.2) is 0 Å². The van der Waals surface area contributed by atoms with Crippen LogP contribution in [-0.4, -0.2) is 30.1 Å². The first-order valence-electron chi connectivity index (χ1n) is 6.95. The van der Waals surface area contributed by atoms with E-state index in [2.05, 4.69) is 46.4 Å². The summed E-state index contributed by atoms with van der Waals surface area (Å²) in [5, 5.41) is 0. The Labute approximate surface area is 103 Å². The lowest BCUT2D eigenvalue weighted by Gasteiger charge is -2.39. The van der Waals surface area contributed by atoms with Crippen molar-refractivity contribution in [2.75, 3.05) is 13.1 Å². The molecule has 0 aromatic rings. The van der Waals surface area contributed by atoms with Gasteiger partial charge in [0.1, 0.15) is 0 Å². The van der Waals surface area contributed by atoms with E-state index < -0.39 is 0 Å². The van der Waals surface area contributed by atoms with Gasteiger partial charge in [-0.3, -0.25) is 4.90 Å². The minimum absolute atomic E-state index is 0.637. The molecule has 0 amide bonds. The molecule has 0 heterocycles. The number of nitrogens with zero attached hydrogens (tertiary/aromatic N) is 1. The smallest absolute Gasteiger partial charge is 0.0110 e. The molecule has 0 rings (SSSR count). The Kier molecular flexibility index (Phi) is 8.04. The molecule has 0 fully saturated rings. The zero-order chi connectivity index (χ0) is 12.7. The molecular weight excluding hydrogens is 196 g/mol. The van der Waals surface area contributed by atoms with Gasteiger partial charge < -0.3 is 5.73 Å². The summed E-state index contributed by atoms with van der Waals surface area (Å²) >= 11 is 0. The van der Waals surface area contributed by atoms with Gasteiger partial charge in [0.2, 0.25) is 0 Å². The van der Waals surface area contributed by atoms with Crippen molar-refractivity contribution < 1.29 is 0 Å². The Morgan fingerprint density at radius 3 is 1.50 bits per heavy atom. The second-order valence-corrected chi connectivity index (χ2v) is 5.28. The van der Waals surface area contributed by atoms with Crippen molar-refractivity contribution in [1.82, 2.24) is 4.90 Å². The standard InChI is InChI=1S/C14H32N2/c1-7-11(3)13(5)16(10-9-15)14(6)12(4)8-2/h11-14H,7-10,15H2,1-6H3. The summed E-state index contributed by atoms with van der Waals surface area (Å²) in [6.07, 6.45) is 2.49. The van der Waals surface area contributed by atoms with Crippen LogP contribution in [0.1, 0.15) is 54.4 Å². The molecule has 2 heteroatoms. The van der Waals surface area contributed by atoms with Gasteiger partial charge in [0.25, 0.3) is 0 Å². The van der Waals surface area contributed by atoms with Crippen LogP contribution < -0.4 is 5.73 Å². The van der Waals surface area contributed by atoms with Gasteiger partial charge in [0.05, 0.1) is 0 Å². The van der Waals surface area contributed by atoms with Crippen LogP contribution >= 0.6 is 0 Å². The molecule has 0 aromatic heterocycles. The quantitative estimate of drug-likeness (QED) is 0.691. The van der Waals surface area contributed by atoms with Crippen LogP contribution in [0.3, 0.4) is 0 Å². The third kappa shape index (κ3) is 4.42. The molecule has 0 aliphatic rings. The number of hydrogen-bond donors (Lipinski definition) is 1. The lowest BCUT2D eigenvalue weighted by atomic mass is 9.93. The fraction of sp³-hybridized carbons (Fsp3) is 1.00. The SMILES string of the molecule is CCC(C)C(C)N(CCN)C(C)C(C)CC. The minimum atomic E-state index is 0.637. The largest absolute Gasteiger partial charge is 0.329 e. The van der Waals surface area contributed by atoms with Crippen LogP contribution in [0.15, 0.2) is 0 Å². The molecule has 0 aliphatic carbocycles. The Morgan fingerprint density at radius 2 is 1.25 bits per heavy atom. The number of nitrogens with two attached hydrogens (primary N) is 1. The van der Waals surface area contributed by atoms with Crippen molar-refractivity contribution >= 4 is 0 Å². The lowest BCUT2D eigenvalue weighted by Crippen LogP contribution is -2.48. The highest BCUT2D eigenvalue weighted by Crippen LogP contribution is 2.21. The molecular formula is C14H32N2. The molecule has 16 heavy (non-hydrogen) atoms. The topological polar surface area (TPSA) is 29.3 Å². The van der Waals surface area contributed by atoms with Crippen LogP contribution in [-0.2, 0) is 0 Å². The van der Waals surface area contributed by atoms with Gasteiger partial charge in [0, 0.05) is 25.2 Å². The van der Waals surface area contributed by atoms with Crippen LogP contribution in [0.5, 0.6) is 0 Å². The monoisotopic (exact) mass is 228 g/mol. The highest BCUT2D eigenvalue weighted by Gasteiger charge is 2.25. The molecule has 0 bridgehead atoms. The summed E-state index contributed by atoms with van der Waals surface area (Å²) in [5.41, 5.74) is 5.75. The third-order valence-corrected chi connectivity index (χ3v) is 4.37. The van der Waals surface area contributed by atoms with Gasteiger partial charge >= 0.3 is 0 Å². The average molecular weight is 228 g/mol. The van der Waals surface area contributed by atoms with E-state index in [1.54, 1.807) is 0 Å². The first kappa shape index (κ1) is 15.9. The number of hydrogen-bond acceptors (Lipinski definition) is 2. The van der Waals surface area contributed by atoms with Crippen LogP contribution in [0.2, 0.25) is 0 Å². The first-order valence-corrected chi connectivity index (χ1v) is 6.95. The minimum Gasteiger partial charge on any atom is -0.329 e. The predicted molar refractivity (Wildman–Crippen MR) is 73.6 cm³/mol. The molecule has 0 saturated heterocycles. The predicted octanol–water partition coefficient (Wildman–Crippen LogP) is 3.12. The van der Waals surface area contributed by atoms with Crippen LogP contribution in [0.25, 0.3) is 0 Å². The second-order valence-electron chi connectivity index (χ2n) is 5.28. The molecule has 0 aromatic carbocycles. The number of rotatable bonds is 8. The van der Waals surface area contributed by atoms with Gasteiger partial charge in [-0.05, 0) is 25.7 Å². The Balaban J connectivity index is 4.57. The summed E-state index contributed by atoms with van der Waals surface area (Å²) in [4.78, 5) is 2.60. The normalized spacial score (nSPS) is 19.5. The van der Waals surface area contributed by atoms with E-state index in [1.807, 2.05) is 0 Å². The van der Waals surface area contributed by atoms with Gasteiger partial charge in [0.15, 0.2) is 0 Å². The Bertz CT molecular complexity index is 154. The molecule has 2 N–H and O–H groups in total. The molecule has 0 saturated carbocycles. The molecule has 0 spiro atoms. The van der Waals surface area contributed by atoms with Crippen molar-refractivity contribution in [2.45, 2.75) is 66.5 Å². The van der Waals surface area contributed by atoms with E-state index in [-0.39, 0.29) is 0 Å². The molecule has 4 atom stereocenters. The van der Waals surface area contributed by atoms with Crippen molar-refractivity contribution in [3.8, 4) is 0 Å². The van der Waals surface area contributed by atoms with Gasteiger partial charge in [-0.1, -0.05) is 40.5 Å².